The van der Waals surface area contributed by atoms with Gasteiger partial charge in [0.2, 0.25) is 0 Å². The number of carbonyl (C=O) groups is 1. The number of hydrogen-bond acceptors (Lipinski definition) is 4. The number of carboxylic acids is 1. The fraction of sp³-hybridized carbons (Fsp3) is 0. The third-order valence-electron chi connectivity index (χ3n) is 2.65. The van der Waals surface area contributed by atoms with Crippen LogP contribution in [0, 0.1) is 0 Å². The van der Waals surface area contributed by atoms with Gasteiger partial charge >= 0.3 is 5.97 Å². The lowest BCUT2D eigenvalue weighted by atomic mass is 10.3. The summed E-state index contributed by atoms with van der Waals surface area (Å²) >= 11 is 4.23. The van der Waals surface area contributed by atoms with Gasteiger partial charge in [0, 0.05) is 6.08 Å². The molecule has 2 aromatic heterocycles. The zero-order valence-corrected chi connectivity index (χ0v) is 12.9. The SMILES string of the molecule is O=C(O)/C(=C/c1ccc(Br)o1)Sc1nc2ccccc2[nH]1. The quantitative estimate of drug-likeness (QED) is 0.537. The van der Waals surface area contributed by atoms with Crippen LogP contribution in [0.2, 0.25) is 0 Å². The number of furan rings is 1. The van der Waals surface area contributed by atoms with E-state index in [0.717, 1.165) is 22.8 Å². The minimum Gasteiger partial charge on any atom is -0.477 e. The highest BCUT2D eigenvalue weighted by Gasteiger charge is 2.14. The number of halogens is 1. The molecule has 3 aromatic rings. The highest BCUT2D eigenvalue weighted by atomic mass is 79.9. The Morgan fingerprint density at radius 2 is 2.14 bits per heavy atom. The summed E-state index contributed by atoms with van der Waals surface area (Å²) in [5, 5.41) is 9.82. The number of nitrogens with one attached hydrogen (secondary N) is 1. The Labute approximate surface area is 132 Å². The topological polar surface area (TPSA) is 79.1 Å². The van der Waals surface area contributed by atoms with Crippen LogP contribution in [-0.2, 0) is 4.79 Å². The van der Waals surface area contributed by atoms with Crippen LogP contribution in [-0.4, -0.2) is 21.0 Å². The van der Waals surface area contributed by atoms with Gasteiger partial charge < -0.3 is 14.5 Å². The summed E-state index contributed by atoms with van der Waals surface area (Å²) in [7, 11) is 0. The molecular formula is C14H9BrN2O3S. The molecule has 0 aliphatic carbocycles. The molecule has 0 aliphatic rings. The number of para-hydroxylation sites is 2. The number of imidazole rings is 1. The highest BCUT2D eigenvalue weighted by Crippen LogP contribution is 2.29. The molecule has 0 bridgehead atoms. The summed E-state index contributed by atoms with van der Waals surface area (Å²) < 4.78 is 5.84. The second-order valence-corrected chi connectivity index (χ2v) is 5.93. The van der Waals surface area contributed by atoms with Crippen LogP contribution in [0.1, 0.15) is 5.76 Å². The molecule has 0 amide bonds. The van der Waals surface area contributed by atoms with E-state index in [1.54, 1.807) is 12.1 Å². The van der Waals surface area contributed by atoms with Gasteiger partial charge in [-0.15, -0.1) is 0 Å². The smallest absolute Gasteiger partial charge is 0.342 e. The Bertz CT molecular complexity index is 804. The molecule has 0 radical (unpaired) electrons. The van der Waals surface area contributed by atoms with Gasteiger partial charge in [-0.1, -0.05) is 12.1 Å². The van der Waals surface area contributed by atoms with Crippen molar-refractivity contribution >= 4 is 50.8 Å². The molecule has 106 valence electrons. The van der Waals surface area contributed by atoms with Gasteiger partial charge in [-0.25, -0.2) is 9.78 Å². The lowest BCUT2D eigenvalue weighted by Crippen LogP contribution is -1.96. The minimum absolute atomic E-state index is 0.121. The van der Waals surface area contributed by atoms with Crippen molar-refractivity contribution < 1.29 is 14.3 Å². The van der Waals surface area contributed by atoms with E-state index in [-0.39, 0.29) is 4.91 Å². The van der Waals surface area contributed by atoms with Gasteiger partial charge in [-0.05, 0) is 52.0 Å². The first-order valence-electron chi connectivity index (χ1n) is 5.95. The summed E-state index contributed by atoms with van der Waals surface area (Å²) in [6, 6.07) is 10.9. The van der Waals surface area contributed by atoms with Gasteiger partial charge in [0.25, 0.3) is 0 Å². The molecule has 3 rings (SSSR count). The largest absolute Gasteiger partial charge is 0.477 e. The van der Waals surface area contributed by atoms with Crippen LogP contribution >= 0.6 is 27.7 Å². The number of aromatic nitrogens is 2. The maximum Gasteiger partial charge on any atom is 0.342 e. The number of rotatable bonds is 4. The number of fused-ring (bicyclic) bond motifs is 1. The van der Waals surface area contributed by atoms with E-state index < -0.39 is 5.97 Å². The van der Waals surface area contributed by atoms with Gasteiger partial charge in [-0.3, -0.25) is 0 Å². The molecule has 0 atom stereocenters. The molecule has 5 nitrogen and oxygen atoms in total. The summed E-state index contributed by atoms with van der Waals surface area (Å²) in [4.78, 5) is 18.9. The number of aromatic amines is 1. The van der Waals surface area contributed by atoms with Crippen molar-refractivity contribution in [2.75, 3.05) is 0 Å². The summed E-state index contributed by atoms with van der Waals surface area (Å²) in [5.41, 5.74) is 1.66. The van der Waals surface area contributed by atoms with E-state index in [2.05, 4.69) is 25.9 Å². The molecule has 1 aromatic carbocycles. The van der Waals surface area contributed by atoms with Crippen molar-refractivity contribution in [3.63, 3.8) is 0 Å². The molecule has 0 spiro atoms. The van der Waals surface area contributed by atoms with E-state index in [0.29, 0.717) is 15.6 Å². The van der Waals surface area contributed by atoms with Crippen LogP contribution in [0.3, 0.4) is 0 Å². The van der Waals surface area contributed by atoms with Crippen LogP contribution in [0.25, 0.3) is 17.1 Å². The fourth-order valence-corrected chi connectivity index (χ4v) is 2.85. The van der Waals surface area contributed by atoms with Crippen LogP contribution < -0.4 is 0 Å². The normalized spacial score (nSPS) is 12.0. The van der Waals surface area contributed by atoms with Crippen LogP contribution in [0.4, 0.5) is 0 Å². The second kappa shape index (κ2) is 5.79. The van der Waals surface area contributed by atoms with Gasteiger partial charge in [0.05, 0.1) is 11.0 Å². The molecule has 0 aliphatic heterocycles. The summed E-state index contributed by atoms with van der Waals surface area (Å²) in [5.74, 6) is -0.573. The van der Waals surface area contributed by atoms with Crippen molar-refractivity contribution in [2.45, 2.75) is 5.16 Å². The molecule has 0 saturated carbocycles. The number of aliphatic carboxylic acids is 1. The Hall–Kier alpha value is -1.99. The number of H-pyrrole nitrogens is 1. The third kappa shape index (κ3) is 3.20. The Morgan fingerprint density at radius 1 is 1.33 bits per heavy atom. The number of benzene rings is 1. The first-order chi connectivity index (χ1) is 10.1. The van der Waals surface area contributed by atoms with E-state index in [9.17, 15) is 9.90 Å². The Kier molecular flexibility index (Phi) is 3.85. The minimum atomic E-state index is -1.03. The number of carboxylic acid groups (broad SMARTS) is 1. The zero-order chi connectivity index (χ0) is 14.8. The average molecular weight is 365 g/mol. The Balaban J connectivity index is 1.91. The zero-order valence-electron chi connectivity index (χ0n) is 10.5. The predicted molar refractivity (Wildman–Crippen MR) is 84.0 cm³/mol. The average Bonchev–Trinajstić information content (AvgIpc) is 3.03. The molecule has 0 unspecified atom stereocenters. The van der Waals surface area contributed by atoms with Gasteiger partial charge in [0.1, 0.15) is 10.7 Å². The fourth-order valence-electron chi connectivity index (χ4n) is 1.75. The van der Waals surface area contributed by atoms with E-state index in [1.165, 1.54) is 6.08 Å². The van der Waals surface area contributed by atoms with Crippen molar-refractivity contribution in [2.24, 2.45) is 0 Å². The number of nitrogens with zero attached hydrogens (tertiary/aromatic N) is 1. The second-order valence-electron chi connectivity index (χ2n) is 4.12. The summed E-state index contributed by atoms with van der Waals surface area (Å²) in [6.07, 6.45) is 1.46. The van der Waals surface area contributed by atoms with Crippen molar-refractivity contribution in [3.8, 4) is 0 Å². The first kappa shape index (κ1) is 14.0. The molecule has 7 heteroatoms. The van der Waals surface area contributed by atoms with Gasteiger partial charge in [0.15, 0.2) is 9.83 Å². The van der Waals surface area contributed by atoms with Crippen molar-refractivity contribution in [3.05, 3.63) is 51.7 Å². The number of hydrogen-bond donors (Lipinski definition) is 2. The summed E-state index contributed by atoms with van der Waals surface area (Å²) in [6.45, 7) is 0. The molecule has 21 heavy (non-hydrogen) atoms. The molecular weight excluding hydrogens is 356 g/mol. The number of thioether (sulfide) groups is 1. The van der Waals surface area contributed by atoms with E-state index in [1.807, 2.05) is 24.3 Å². The lowest BCUT2D eigenvalue weighted by Gasteiger charge is -1.98. The maximum absolute atomic E-state index is 11.3. The standard InChI is InChI=1S/C14H9BrN2O3S/c15-12-6-5-8(20-12)7-11(13(18)19)21-14-16-9-3-1-2-4-10(9)17-14/h1-7H,(H,16,17)(H,18,19)/b11-7-. The predicted octanol–water partition coefficient (Wildman–Crippen LogP) is 4.14. The monoisotopic (exact) mass is 364 g/mol. The molecule has 2 N–H and O–H groups in total. The van der Waals surface area contributed by atoms with Crippen molar-refractivity contribution in [1.82, 2.24) is 9.97 Å². The maximum atomic E-state index is 11.3. The van der Waals surface area contributed by atoms with Crippen LogP contribution in [0.5, 0.6) is 0 Å². The highest BCUT2D eigenvalue weighted by molar-refractivity contribution is 9.10. The lowest BCUT2D eigenvalue weighted by molar-refractivity contribution is -0.131. The van der Waals surface area contributed by atoms with Crippen molar-refractivity contribution in [1.29, 1.82) is 0 Å². The Morgan fingerprint density at radius 3 is 2.81 bits per heavy atom. The third-order valence-corrected chi connectivity index (χ3v) is 3.98. The molecule has 0 saturated heterocycles. The van der Waals surface area contributed by atoms with Crippen LogP contribution in [0.15, 0.2) is 55.5 Å². The molecule has 0 fully saturated rings. The van der Waals surface area contributed by atoms with E-state index >= 15 is 0 Å². The van der Waals surface area contributed by atoms with Gasteiger partial charge in [-0.2, -0.15) is 0 Å². The molecule has 2 heterocycles. The first-order valence-corrected chi connectivity index (χ1v) is 7.56. The van der Waals surface area contributed by atoms with E-state index in [4.69, 9.17) is 4.42 Å².